The van der Waals surface area contributed by atoms with E-state index in [1.54, 1.807) is 37.3 Å². The first kappa shape index (κ1) is 30.9. The number of anilines is 1. The second kappa shape index (κ2) is 13.0. The summed E-state index contributed by atoms with van der Waals surface area (Å²) in [5.74, 6) is -0.572. The summed E-state index contributed by atoms with van der Waals surface area (Å²) in [5, 5.41) is 3.78. The molecule has 1 atom stereocenters. The van der Waals surface area contributed by atoms with Gasteiger partial charge in [-0.3, -0.25) is 13.9 Å². The Kier molecular flexibility index (Phi) is 10.9. The standard InChI is InChI=1S/C27H37Cl2N3O4S/c1-7-20-10-14-23(15-11-20)32(37(6,35)36)16-8-9-25(33)31(19(2)26(34)30-27(3,4)5)18-21-12-13-22(28)17-24(21)29/h10-15,17,19H,7-9,16,18H2,1-6H3,(H,30,34)/t19-/m0/s1. The minimum Gasteiger partial charge on any atom is -0.350 e. The van der Waals surface area contributed by atoms with E-state index in [4.69, 9.17) is 23.2 Å². The Hall–Kier alpha value is -2.29. The molecule has 2 aromatic rings. The van der Waals surface area contributed by atoms with Crippen molar-refractivity contribution < 1.29 is 18.0 Å². The topological polar surface area (TPSA) is 86.8 Å². The van der Waals surface area contributed by atoms with Crippen molar-refractivity contribution in [2.45, 2.75) is 72.0 Å². The molecule has 0 saturated carbocycles. The third kappa shape index (κ3) is 9.51. The highest BCUT2D eigenvalue weighted by atomic mass is 35.5. The number of nitrogens with zero attached hydrogens (tertiary/aromatic N) is 2. The molecule has 0 fully saturated rings. The molecule has 0 aliphatic rings. The number of hydrogen-bond donors (Lipinski definition) is 1. The van der Waals surface area contributed by atoms with E-state index < -0.39 is 21.6 Å². The van der Waals surface area contributed by atoms with Crippen molar-refractivity contribution in [2.75, 3.05) is 17.1 Å². The first-order valence-electron chi connectivity index (χ1n) is 12.2. The number of carbonyl (C=O) groups excluding carboxylic acids is 2. The Bertz CT molecular complexity index is 1200. The summed E-state index contributed by atoms with van der Waals surface area (Å²) >= 11 is 12.4. The molecule has 0 unspecified atom stereocenters. The number of halogens is 2. The molecule has 1 N–H and O–H groups in total. The molecule has 0 heterocycles. The molecule has 0 spiro atoms. The fraction of sp³-hybridized carbons (Fsp3) is 0.481. The lowest BCUT2D eigenvalue weighted by Crippen LogP contribution is -2.52. The largest absolute Gasteiger partial charge is 0.350 e. The Morgan fingerprint density at radius 1 is 1.05 bits per heavy atom. The average molecular weight is 571 g/mol. The van der Waals surface area contributed by atoms with E-state index >= 15 is 0 Å². The van der Waals surface area contributed by atoms with Crippen LogP contribution in [-0.2, 0) is 32.6 Å². The maximum Gasteiger partial charge on any atom is 0.242 e. The normalized spacial score (nSPS) is 12.6. The molecule has 0 aromatic heterocycles. The van der Waals surface area contributed by atoms with Gasteiger partial charge in [-0.15, -0.1) is 0 Å². The van der Waals surface area contributed by atoms with Gasteiger partial charge in [0.1, 0.15) is 6.04 Å². The Balaban J connectivity index is 2.22. The molecule has 0 aliphatic heterocycles. The fourth-order valence-corrected chi connectivity index (χ4v) is 5.23. The molecule has 7 nitrogen and oxygen atoms in total. The van der Waals surface area contributed by atoms with E-state index in [0.29, 0.717) is 21.3 Å². The maximum atomic E-state index is 13.4. The molecule has 2 aromatic carbocycles. The number of hydrogen-bond acceptors (Lipinski definition) is 4. The lowest BCUT2D eigenvalue weighted by atomic mass is 10.1. The predicted molar refractivity (Wildman–Crippen MR) is 152 cm³/mol. The Morgan fingerprint density at radius 2 is 1.68 bits per heavy atom. The lowest BCUT2D eigenvalue weighted by molar-refractivity contribution is -0.141. The molecular weight excluding hydrogens is 533 g/mol. The van der Waals surface area contributed by atoms with Crippen LogP contribution in [0.5, 0.6) is 0 Å². The number of sulfonamides is 1. The van der Waals surface area contributed by atoms with Crippen LogP contribution in [0.3, 0.4) is 0 Å². The minimum atomic E-state index is -3.55. The van der Waals surface area contributed by atoms with Crippen molar-refractivity contribution in [3.8, 4) is 0 Å². The summed E-state index contributed by atoms with van der Waals surface area (Å²) in [4.78, 5) is 27.8. The number of amides is 2. The molecule has 2 amide bonds. The zero-order valence-corrected chi connectivity index (χ0v) is 24.7. The fourth-order valence-electron chi connectivity index (χ4n) is 3.79. The lowest BCUT2D eigenvalue weighted by Gasteiger charge is -2.32. The number of carbonyl (C=O) groups is 2. The third-order valence-electron chi connectivity index (χ3n) is 5.81. The van der Waals surface area contributed by atoms with E-state index in [9.17, 15) is 18.0 Å². The van der Waals surface area contributed by atoms with E-state index in [2.05, 4.69) is 5.32 Å². The van der Waals surface area contributed by atoms with Crippen LogP contribution < -0.4 is 9.62 Å². The van der Waals surface area contributed by atoms with Crippen molar-refractivity contribution in [2.24, 2.45) is 0 Å². The first-order chi connectivity index (χ1) is 17.1. The first-order valence-corrected chi connectivity index (χ1v) is 14.8. The van der Waals surface area contributed by atoms with Gasteiger partial charge in [0.15, 0.2) is 0 Å². The smallest absolute Gasteiger partial charge is 0.242 e. The van der Waals surface area contributed by atoms with Crippen molar-refractivity contribution >= 4 is 50.7 Å². The number of aryl methyl sites for hydroxylation is 1. The van der Waals surface area contributed by atoms with Gasteiger partial charge in [-0.1, -0.05) is 48.3 Å². The second-order valence-electron chi connectivity index (χ2n) is 10.1. The van der Waals surface area contributed by atoms with Crippen molar-refractivity contribution in [3.63, 3.8) is 0 Å². The SMILES string of the molecule is CCc1ccc(N(CCCC(=O)N(Cc2ccc(Cl)cc2Cl)[C@@H](C)C(=O)NC(C)(C)C)S(C)(=O)=O)cc1. The summed E-state index contributed by atoms with van der Waals surface area (Å²) < 4.78 is 26.3. The van der Waals surface area contributed by atoms with Crippen LogP contribution in [0.2, 0.25) is 10.0 Å². The van der Waals surface area contributed by atoms with Gasteiger partial charge in [0.25, 0.3) is 0 Å². The van der Waals surface area contributed by atoms with Gasteiger partial charge in [-0.2, -0.15) is 0 Å². The molecule has 0 saturated heterocycles. The van der Waals surface area contributed by atoms with E-state index in [0.717, 1.165) is 18.2 Å². The Labute approximate surface area is 231 Å². The summed E-state index contributed by atoms with van der Waals surface area (Å²) in [5.41, 5.74) is 1.84. The van der Waals surface area contributed by atoms with Crippen molar-refractivity contribution in [1.82, 2.24) is 10.2 Å². The van der Waals surface area contributed by atoms with Crippen LogP contribution in [0.25, 0.3) is 0 Å². The van der Waals surface area contributed by atoms with Crippen LogP contribution in [0.15, 0.2) is 42.5 Å². The summed E-state index contributed by atoms with van der Waals surface area (Å²) in [7, 11) is -3.55. The summed E-state index contributed by atoms with van der Waals surface area (Å²) in [6, 6.07) is 11.6. The van der Waals surface area contributed by atoms with Crippen molar-refractivity contribution in [1.29, 1.82) is 0 Å². The summed E-state index contributed by atoms with van der Waals surface area (Å²) in [6.45, 7) is 9.55. The minimum absolute atomic E-state index is 0.0530. The highest BCUT2D eigenvalue weighted by Gasteiger charge is 2.29. The zero-order valence-electron chi connectivity index (χ0n) is 22.3. The number of nitrogens with one attached hydrogen (secondary N) is 1. The van der Waals surface area contributed by atoms with Crippen LogP contribution >= 0.6 is 23.2 Å². The highest BCUT2D eigenvalue weighted by Crippen LogP contribution is 2.24. The molecule has 10 heteroatoms. The molecule has 0 radical (unpaired) electrons. The molecular formula is C27H37Cl2N3O4S. The van der Waals surface area contributed by atoms with Crippen LogP contribution in [0.1, 0.15) is 58.6 Å². The second-order valence-corrected chi connectivity index (χ2v) is 12.9. The van der Waals surface area contributed by atoms with Gasteiger partial charge < -0.3 is 10.2 Å². The Morgan fingerprint density at radius 3 is 2.19 bits per heavy atom. The quantitative estimate of drug-likeness (QED) is 0.390. The molecule has 0 bridgehead atoms. The van der Waals surface area contributed by atoms with Gasteiger partial charge in [0.2, 0.25) is 21.8 Å². The van der Waals surface area contributed by atoms with Crippen LogP contribution in [-0.4, -0.2) is 49.5 Å². The van der Waals surface area contributed by atoms with E-state index in [1.807, 2.05) is 39.8 Å². The molecule has 37 heavy (non-hydrogen) atoms. The van der Waals surface area contributed by atoms with Gasteiger partial charge >= 0.3 is 0 Å². The maximum absolute atomic E-state index is 13.4. The molecule has 204 valence electrons. The van der Waals surface area contributed by atoms with E-state index in [1.165, 1.54) is 9.21 Å². The van der Waals surface area contributed by atoms with Gasteiger partial charge in [0, 0.05) is 35.1 Å². The van der Waals surface area contributed by atoms with Crippen LogP contribution in [0.4, 0.5) is 5.69 Å². The predicted octanol–water partition coefficient (Wildman–Crippen LogP) is 5.43. The summed E-state index contributed by atoms with van der Waals surface area (Å²) in [6.07, 6.45) is 2.33. The van der Waals surface area contributed by atoms with Gasteiger partial charge in [-0.25, -0.2) is 8.42 Å². The number of rotatable bonds is 11. The van der Waals surface area contributed by atoms with Crippen molar-refractivity contribution in [3.05, 3.63) is 63.6 Å². The van der Waals surface area contributed by atoms with Crippen LogP contribution in [0, 0.1) is 0 Å². The van der Waals surface area contributed by atoms with Gasteiger partial charge in [0.05, 0.1) is 11.9 Å². The van der Waals surface area contributed by atoms with Gasteiger partial charge in [-0.05, 0) is 75.9 Å². The molecule has 0 aliphatic carbocycles. The molecule has 2 rings (SSSR count). The highest BCUT2D eigenvalue weighted by molar-refractivity contribution is 7.92. The van der Waals surface area contributed by atoms with E-state index in [-0.39, 0.29) is 37.7 Å². The average Bonchev–Trinajstić information content (AvgIpc) is 2.79. The third-order valence-corrected chi connectivity index (χ3v) is 7.59. The zero-order chi connectivity index (χ0) is 28.0. The number of benzene rings is 2. The monoisotopic (exact) mass is 569 g/mol.